The minimum atomic E-state index is 0.0283. The fourth-order valence-electron chi connectivity index (χ4n) is 3.33. The maximum Gasteiger partial charge on any atom is 0.254 e. The Hall–Kier alpha value is -2.88. The lowest BCUT2D eigenvalue weighted by atomic mass is 10.0. The van der Waals surface area contributed by atoms with Crippen molar-refractivity contribution >= 4 is 16.7 Å². The molecule has 2 heterocycles. The van der Waals surface area contributed by atoms with E-state index in [0.29, 0.717) is 6.54 Å². The highest BCUT2D eigenvalue weighted by molar-refractivity contribution is 5.98. The first-order chi connectivity index (χ1) is 12.3. The third kappa shape index (κ3) is 3.48. The number of carbonyl (C=O) groups excluding carboxylic acids is 1. The molecule has 3 aromatic rings. The molecular formula is C21H20N2O2. The van der Waals surface area contributed by atoms with Crippen molar-refractivity contribution in [3.63, 3.8) is 0 Å². The number of pyridine rings is 1. The van der Waals surface area contributed by atoms with Crippen molar-refractivity contribution in [3.05, 3.63) is 72.6 Å². The molecular weight excluding hydrogens is 312 g/mol. The van der Waals surface area contributed by atoms with Crippen LogP contribution in [0.4, 0.5) is 0 Å². The zero-order chi connectivity index (χ0) is 17.1. The Morgan fingerprint density at radius 2 is 1.84 bits per heavy atom. The van der Waals surface area contributed by atoms with E-state index in [1.807, 2.05) is 53.4 Å². The van der Waals surface area contributed by atoms with Crippen molar-refractivity contribution in [3.8, 4) is 5.75 Å². The summed E-state index contributed by atoms with van der Waals surface area (Å²) in [5.41, 5.74) is 0.739. The number of aromatic nitrogens is 1. The Morgan fingerprint density at radius 1 is 1.04 bits per heavy atom. The van der Waals surface area contributed by atoms with Gasteiger partial charge in [0.15, 0.2) is 0 Å². The summed E-state index contributed by atoms with van der Waals surface area (Å²) in [6.07, 6.45) is 5.38. The van der Waals surface area contributed by atoms with Gasteiger partial charge in [-0.25, -0.2) is 0 Å². The van der Waals surface area contributed by atoms with Gasteiger partial charge in [-0.2, -0.15) is 0 Å². The van der Waals surface area contributed by atoms with E-state index in [1.54, 1.807) is 12.4 Å². The van der Waals surface area contributed by atoms with Gasteiger partial charge in [-0.15, -0.1) is 0 Å². The summed E-state index contributed by atoms with van der Waals surface area (Å²) in [5, 5.41) is 2.24. The maximum atomic E-state index is 12.9. The molecule has 1 fully saturated rings. The molecule has 126 valence electrons. The zero-order valence-electron chi connectivity index (χ0n) is 14.0. The molecule has 0 aliphatic carbocycles. The van der Waals surface area contributed by atoms with E-state index in [4.69, 9.17) is 4.74 Å². The van der Waals surface area contributed by atoms with Crippen LogP contribution < -0.4 is 4.74 Å². The molecule has 0 saturated carbocycles. The van der Waals surface area contributed by atoms with Gasteiger partial charge < -0.3 is 9.64 Å². The van der Waals surface area contributed by atoms with Gasteiger partial charge in [0.25, 0.3) is 5.91 Å². The van der Waals surface area contributed by atoms with Gasteiger partial charge in [0.05, 0.1) is 6.54 Å². The molecule has 25 heavy (non-hydrogen) atoms. The number of rotatable bonds is 3. The van der Waals surface area contributed by atoms with E-state index in [0.717, 1.165) is 41.5 Å². The predicted octanol–water partition coefficient (Wildman–Crippen LogP) is 3.92. The van der Waals surface area contributed by atoms with Crippen LogP contribution >= 0.6 is 0 Å². The van der Waals surface area contributed by atoms with E-state index in [2.05, 4.69) is 11.1 Å². The number of amides is 1. The maximum absolute atomic E-state index is 12.9. The second-order valence-electron chi connectivity index (χ2n) is 6.38. The van der Waals surface area contributed by atoms with Crippen LogP contribution in [0.2, 0.25) is 0 Å². The minimum absolute atomic E-state index is 0.0283. The highest BCUT2D eigenvalue weighted by atomic mass is 16.5. The third-order valence-electron chi connectivity index (χ3n) is 4.61. The molecule has 1 aromatic heterocycles. The van der Waals surface area contributed by atoms with Crippen LogP contribution in [0.15, 0.2) is 67.0 Å². The molecule has 4 heteroatoms. The molecule has 1 amide bonds. The molecule has 0 N–H and O–H groups in total. The first-order valence-corrected chi connectivity index (χ1v) is 8.64. The number of carbonyl (C=O) groups is 1. The lowest BCUT2D eigenvalue weighted by Crippen LogP contribution is -2.44. The number of nitrogens with zero attached hydrogens (tertiary/aromatic N) is 2. The molecule has 2 aromatic carbocycles. The summed E-state index contributed by atoms with van der Waals surface area (Å²) >= 11 is 0. The van der Waals surface area contributed by atoms with E-state index in [1.165, 1.54) is 0 Å². The molecule has 0 spiro atoms. The summed E-state index contributed by atoms with van der Waals surface area (Å²) in [4.78, 5) is 18.8. The van der Waals surface area contributed by atoms with Gasteiger partial charge >= 0.3 is 0 Å². The Morgan fingerprint density at radius 3 is 2.68 bits per heavy atom. The highest BCUT2D eigenvalue weighted by Crippen LogP contribution is 2.21. The first-order valence-electron chi connectivity index (χ1n) is 8.64. The zero-order valence-corrected chi connectivity index (χ0v) is 14.0. The average molecular weight is 332 g/mol. The summed E-state index contributed by atoms with van der Waals surface area (Å²) in [6, 6.07) is 17.7. The largest absolute Gasteiger partial charge is 0.488 e. The molecule has 1 unspecified atom stereocenters. The van der Waals surface area contributed by atoms with Gasteiger partial charge in [-0.3, -0.25) is 9.78 Å². The second-order valence-corrected chi connectivity index (χ2v) is 6.38. The van der Waals surface area contributed by atoms with Crippen LogP contribution in [0.5, 0.6) is 5.75 Å². The summed E-state index contributed by atoms with van der Waals surface area (Å²) in [6.45, 7) is 1.40. The van der Waals surface area contributed by atoms with Crippen LogP contribution in [0.3, 0.4) is 0 Å². The molecule has 1 saturated heterocycles. The quantitative estimate of drug-likeness (QED) is 0.730. The Bertz CT molecular complexity index is 879. The van der Waals surface area contributed by atoms with E-state index >= 15 is 0 Å². The van der Waals surface area contributed by atoms with Crippen LogP contribution in [-0.4, -0.2) is 35.0 Å². The minimum Gasteiger partial charge on any atom is -0.488 e. The van der Waals surface area contributed by atoms with Crippen molar-refractivity contribution in [1.29, 1.82) is 0 Å². The second kappa shape index (κ2) is 6.93. The standard InChI is InChI=1S/C21H20N2O2/c24-21(18-8-7-16-4-1-2-5-17(16)14-18)23-13-3-6-20(15-23)25-19-9-11-22-12-10-19/h1-2,4-5,7-12,14,20H,3,6,13,15H2. The molecule has 0 bridgehead atoms. The average Bonchev–Trinajstić information content (AvgIpc) is 2.68. The smallest absolute Gasteiger partial charge is 0.254 e. The van der Waals surface area contributed by atoms with Crippen molar-refractivity contribution in [2.75, 3.05) is 13.1 Å². The summed E-state index contributed by atoms with van der Waals surface area (Å²) < 4.78 is 6.01. The normalized spacial score (nSPS) is 17.4. The van der Waals surface area contributed by atoms with Crippen LogP contribution in [0.25, 0.3) is 10.8 Å². The molecule has 4 nitrogen and oxygen atoms in total. The van der Waals surface area contributed by atoms with Gasteiger partial charge in [0, 0.05) is 24.5 Å². The Labute approximate surface area is 147 Å². The fraction of sp³-hybridized carbons (Fsp3) is 0.238. The van der Waals surface area contributed by atoms with Gasteiger partial charge in [-0.05, 0) is 47.9 Å². The van der Waals surface area contributed by atoms with E-state index < -0.39 is 0 Å². The van der Waals surface area contributed by atoms with Crippen molar-refractivity contribution in [1.82, 2.24) is 9.88 Å². The number of hydrogen-bond acceptors (Lipinski definition) is 3. The lowest BCUT2D eigenvalue weighted by Gasteiger charge is -2.33. The molecule has 4 rings (SSSR count). The summed E-state index contributed by atoms with van der Waals surface area (Å²) in [7, 11) is 0. The van der Waals surface area contributed by atoms with Gasteiger partial charge in [-0.1, -0.05) is 30.3 Å². The topological polar surface area (TPSA) is 42.4 Å². The van der Waals surface area contributed by atoms with Crippen LogP contribution in [0.1, 0.15) is 23.2 Å². The van der Waals surface area contributed by atoms with Crippen molar-refractivity contribution in [2.45, 2.75) is 18.9 Å². The summed E-state index contributed by atoms with van der Waals surface area (Å²) in [5.74, 6) is 0.883. The van der Waals surface area contributed by atoms with Crippen molar-refractivity contribution in [2.24, 2.45) is 0 Å². The number of likely N-dealkylation sites (tertiary alicyclic amines) is 1. The van der Waals surface area contributed by atoms with Crippen LogP contribution in [0, 0.1) is 0 Å². The Balaban J connectivity index is 1.49. The monoisotopic (exact) mass is 332 g/mol. The predicted molar refractivity (Wildman–Crippen MR) is 97.7 cm³/mol. The number of piperidine rings is 1. The number of fused-ring (bicyclic) bond motifs is 1. The molecule has 0 radical (unpaired) electrons. The number of benzene rings is 2. The first kappa shape index (κ1) is 15.6. The Kier molecular flexibility index (Phi) is 4.34. The van der Waals surface area contributed by atoms with Crippen molar-refractivity contribution < 1.29 is 9.53 Å². The van der Waals surface area contributed by atoms with E-state index in [-0.39, 0.29) is 12.0 Å². The van der Waals surface area contributed by atoms with Crippen LogP contribution in [-0.2, 0) is 0 Å². The number of ether oxygens (including phenoxy) is 1. The fourth-order valence-corrected chi connectivity index (χ4v) is 3.33. The lowest BCUT2D eigenvalue weighted by molar-refractivity contribution is 0.0538. The van der Waals surface area contributed by atoms with Gasteiger partial charge in [0.2, 0.25) is 0 Å². The SMILES string of the molecule is O=C(c1ccc2ccccc2c1)N1CCCC(Oc2ccncc2)C1. The molecule has 1 atom stereocenters. The highest BCUT2D eigenvalue weighted by Gasteiger charge is 2.25. The molecule has 1 aliphatic rings. The third-order valence-corrected chi connectivity index (χ3v) is 4.61. The molecule has 1 aliphatic heterocycles. The van der Waals surface area contributed by atoms with E-state index in [9.17, 15) is 4.79 Å². The number of hydrogen-bond donors (Lipinski definition) is 0. The van der Waals surface area contributed by atoms with Gasteiger partial charge in [0.1, 0.15) is 11.9 Å².